The number of aromatic nitrogens is 1. The molecule has 1 aliphatic rings. The molecular weight excluding hydrogens is 472 g/mol. The zero-order chi connectivity index (χ0) is 24.8. The van der Waals surface area contributed by atoms with Crippen LogP contribution in [0.15, 0.2) is 65.7 Å². The van der Waals surface area contributed by atoms with E-state index in [0.717, 1.165) is 37.3 Å². The van der Waals surface area contributed by atoms with Crippen LogP contribution in [0.2, 0.25) is 0 Å². The van der Waals surface area contributed by atoms with E-state index < -0.39 is 14.9 Å². The van der Waals surface area contributed by atoms with Crippen molar-refractivity contribution in [2.75, 3.05) is 17.1 Å². The number of para-hydroxylation sites is 2. The fraction of sp³-hybridized carbons (Fsp3) is 0.292. The minimum Gasteiger partial charge on any atom is -0.495 e. The van der Waals surface area contributed by atoms with Gasteiger partial charge in [0.15, 0.2) is 0 Å². The van der Waals surface area contributed by atoms with Gasteiger partial charge in [0.1, 0.15) is 16.7 Å². The third kappa shape index (κ3) is 5.80. The molecule has 1 saturated carbocycles. The molecule has 0 saturated heterocycles. The van der Waals surface area contributed by atoms with Gasteiger partial charge in [-0.05, 0) is 49.9 Å². The molecular formula is C24H26N4O6S. The number of hydrogen-bond acceptors (Lipinski definition) is 8. The largest absolute Gasteiger partial charge is 0.495 e. The fourth-order valence-corrected chi connectivity index (χ4v) is 5.21. The second kappa shape index (κ2) is 10.6. The van der Waals surface area contributed by atoms with Crippen molar-refractivity contribution < 1.29 is 22.8 Å². The van der Waals surface area contributed by atoms with E-state index in [0.29, 0.717) is 11.6 Å². The summed E-state index contributed by atoms with van der Waals surface area (Å²) < 4.78 is 40.4. The Morgan fingerprint density at radius 1 is 1.09 bits per heavy atom. The smallest absolute Gasteiger partial charge is 0.270 e. The van der Waals surface area contributed by atoms with Gasteiger partial charge in [-0.25, -0.2) is 13.4 Å². The number of ether oxygens (including phenoxy) is 2. The van der Waals surface area contributed by atoms with Gasteiger partial charge in [0.25, 0.3) is 15.7 Å². The van der Waals surface area contributed by atoms with Crippen molar-refractivity contribution in [3.8, 4) is 11.6 Å². The summed E-state index contributed by atoms with van der Waals surface area (Å²) in [6.07, 6.45) is 5.95. The summed E-state index contributed by atoms with van der Waals surface area (Å²) >= 11 is 0. The normalized spacial score (nSPS) is 13.9. The minimum absolute atomic E-state index is 0.115. The maximum absolute atomic E-state index is 13.3. The Labute approximate surface area is 203 Å². The van der Waals surface area contributed by atoms with Crippen molar-refractivity contribution in [3.05, 3.63) is 76.5 Å². The van der Waals surface area contributed by atoms with Gasteiger partial charge in [-0.2, -0.15) is 0 Å². The molecule has 0 aliphatic heterocycles. The van der Waals surface area contributed by atoms with Crippen molar-refractivity contribution >= 4 is 27.1 Å². The van der Waals surface area contributed by atoms with E-state index in [2.05, 4.69) is 15.0 Å². The summed E-state index contributed by atoms with van der Waals surface area (Å²) in [6.45, 7) is 0.213. The van der Waals surface area contributed by atoms with Gasteiger partial charge >= 0.3 is 0 Å². The first-order valence-corrected chi connectivity index (χ1v) is 12.6. The number of anilines is 2. The Kier molecular flexibility index (Phi) is 7.35. The topological polar surface area (TPSA) is 133 Å². The van der Waals surface area contributed by atoms with Crippen LogP contribution in [0.1, 0.15) is 31.2 Å². The molecule has 35 heavy (non-hydrogen) atoms. The van der Waals surface area contributed by atoms with E-state index in [1.165, 1.54) is 19.2 Å². The van der Waals surface area contributed by atoms with E-state index in [-0.39, 0.29) is 34.6 Å². The average molecular weight is 499 g/mol. The lowest BCUT2D eigenvalue weighted by Gasteiger charge is -2.17. The van der Waals surface area contributed by atoms with Gasteiger partial charge in [-0.1, -0.05) is 18.2 Å². The lowest BCUT2D eigenvalue weighted by Crippen LogP contribution is -2.17. The second-order valence-electron chi connectivity index (χ2n) is 8.09. The van der Waals surface area contributed by atoms with Gasteiger partial charge < -0.3 is 14.8 Å². The van der Waals surface area contributed by atoms with Gasteiger partial charge in [0.05, 0.1) is 23.4 Å². The molecule has 1 fully saturated rings. The predicted octanol–water partition coefficient (Wildman–Crippen LogP) is 4.73. The van der Waals surface area contributed by atoms with E-state index in [1.54, 1.807) is 36.5 Å². The first-order chi connectivity index (χ1) is 16.9. The molecule has 1 aromatic heterocycles. The molecule has 4 rings (SSSR count). The second-order valence-corrected chi connectivity index (χ2v) is 9.74. The van der Waals surface area contributed by atoms with Crippen LogP contribution in [0.3, 0.4) is 0 Å². The molecule has 1 aliphatic carbocycles. The quantitative estimate of drug-likeness (QED) is 0.303. The summed E-state index contributed by atoms with van der Waals surface area (Å²) in [4.78, 5) is 14.8. The molecule has 10 nitrogen and oxygen atoms in total. The number of rotatable bonds is 10. The number of nitrogens with one attached hydrogen (secondary N) is 2. The monoisotopic (exact) mass is 498 g/mol. The molecule has 2 aromatic carbocycles. The average Bonchev–Trinajstić information content (AvgIpc) is 3.36. The number of benzene rings is 2. The van der Waals surface area contributed by atoms with Crippen LogP contribution in [0.4, 0.5) is 17.1 Å². The first kappa shape index (κ1) is 24.3. The van der Waals surface area contributed by atoms with Gasteiger partial charge in [0, 0.05) is 30.4 Å². The fourth-order valence-electron chi connectivity index (χ4n) is 3.94. The third-order valence-electron chi connectivity index (χ3n) is 5.72. The zero-order valence-corrected chi connectivity index (χ0v) is 20.0. The van der Waals surface area contributed by atoms with Gasteiger partial charge in [0.2, 0.25) is 5.88 Å². The summed E-state index contributed by atoms with van der Waals surface area (Å²) in [5.41, 5.74) is 0.821. The lowest BCUT2D eigenvalue weighted by molar-refractivity contribution is -0.385. The molecule has 0 bridgehead atoms. The van der Waals surface area contributed by atoms with Crippen molar-refractivity contribution in [3.63, 3.8) is 0 Å². The van der Waals surface area contributed by atoms with Crippen LogP contribution in [-0.2, 0) is 16.6 Å². The molecule has 0 unspecified atom stereocenters. The van der Waals surface area contributed by atoms with E-state index in [4.69, 9.17) is 9.47 Å². The van der Waals surface area contributed by atoms with Crippen LogP contribution in [-0.4, -0.2) is 31.5 Å². The highest BCUT2D eigenvalue weighted by molar-refractivity contribution is 7.93. The van der Waals surface area contributed by atoms with Crippen LogP contribution < -0.4 is 19.5 Å². The van der Waals surface area contributed by atoms with Crippen LogP contribution >= 0.6 is 0 Å². The summed E-state index contributed by atoms with van der Waals surface area (Å²) in [7, 11) is -2.79. The molecule has 3 aromatic rings. The number of hydrogen-bond donors (Lipinski definition) is 2. The van der Waals surface area contributed by atoms with E-state index in [1.807, 2.05) is 6.07 Å². The lowest BCUT2D eigenvalue weighted by atomic mass is 10.2. The van der Waals surface area contributed by atoms with Crippen molar-refractivity contribution in [2.24, 2.45) is 0 Å². The van der Waals surface area contributed by atoms with Crippen molar-refractivity contribution in [1.82, 2.24) is 4.98 Å². The molecule has 11 heteroatoms. The molecule has 0 atom stereocenters. The van der Waals surface area contributed by atoms with Crippen LogP contribution in [0, 0.1) is 10.1 Å². The highest BCUT2D eigenvalue weighted by atomic mass is 32.2. The minimum atomic E-state index is -4.21. The number of pyridine rings is 1. The number of sulfonamides is 1. The molecule has 0 radical (unpaired) electrons. The number of non-ortho nitro benzene ring substituents is 1. The number of methoxy groups -OCH3 is 1. The number of nitro benzene ring substituents is 1. The van der Waals surface area contributed by atoms with Gasteiger partial charge in [-0.15, -0.1) is 0 Å². The maximum Gasteiger partial charge on any atom is 0.270 e. The Hall–Kier alpha value is -3.86. The molecule has 0 amide bonds. The summed E-state index contributed by atoms with van der Waals surface area (Å²) in [5, 5.41) is 14.5. The highest BCUT2D eigenvalue weighted by Gasteiger charge is 2.24. The Bertz CT molecular complexity index is 1310. The Morgan fingerprint density at radius 3 is 2.60 bits per heavy atom. The number of nitro groups is 1. The van der Waals surface area contributed by atoms with Crippen molar-refractivity contribution in [1.29, 1.82) is 0 Å². The van der Waals surface area contributed by atoms with Gasteiger partial charge in [-0.3, -0.25) is 14.8 Å². The van der Waals surface area contributed by atoms with E-state index in [9.17, 15) is 18.5 Å². The third-order valence-corrected chi connectivity index (χ3v) is 7.12. The SMILES string of the molecule is COc1ccccc1NS(=O)(=O)c1cc([N+](=O)[O-])ccc1NCc1cccnc1OC1CCCC1. The summed E-state index contributed by atoms with van der Waals surface area (Å²) in [5.74, 6) is 0.811. The van der Waals surface area contributed by atoms with Crippen LogP contribution in [0.25, 0.3) is 0 Å². The Morgan fingerprint density at radius 2 is 1.86 bits per heavy atom. The summed E-state index contributed by atoms with van der Waals surface area (Å²) in [6, 6.07) is 13.8. The molecule has 0 spiro atoms. The maximum atomic E-state index is 13.3. The highest BCUT2D eigenvalue weighted by Crippen LogP contribution is 2.32. The zero-order valence-electron chi connectivity index (χ0n) is 19.1. The number of nitrogens with zero attached hydrogens (tertiary/aromatic N) is 2. The molecule has 184 valence electrons. The molecule has 1 heterocycles. The standard InChI is InChI=1S/C24H26N4O6S/c1-33-22-11-5-4-10-20(22)27-35(31,32)23-15-18(28(29)30)12-13-21(23)26-16-17-7-6-14-25-24(17)34-19-8-2-3-9-19/h4-7,10-15,19,26-27H,2-3,8-9,16H2,1H3. The predicted molar refractivity (Wildman–Crippen MR) is 131 cm³/mol. The van der Waals surface area contributed by atoms with Crippen molar-refractivity contribution in [2.45, 2.75) is 43.2 Å². The Balaban J connectivity index is 1.62. The van der Waals surface area contributed by atoms with Crippen LogP contribution in [0.5, 0.6) is 11.6 Å². The molecule has 2 N–H and O–H groups in total. The first-order valence-electron chi connectivity index (χ1n) is 11.2. The van der Waals surface area contributed by atoms with E-state index >= 15 is 0 Å².